The maximum Gasteiger partial charge on any atom is 0.234 e. The minimum absolute atomic E-state index is 0.0225. The summed E-state index contributed by atoms with van der Waals surface area (Å²) in [6.45, 7) is 6.71. The molecule has 2 atom stereocenters. The Morgan fingerprint density at radius 2 is 2.20 bits per heavy atom. The molecule has 1 amide bonds. The van der Waals surface area contributed by atoms with Gasteiger partial charge in [0.25, 0.3) is 0 Å². The second-order valence-electron chi connectivity index (χ2n) is 5.51. The highest BCUT2D eigenvalue weighted by molar-refractivity contribution is 5.78. The second-order valence-corrected chi connectivity index (χ2v) is 5.51. The van der Waals surface area contributed by atoms with E-state index in [2.05, 4.69) is 26.1 Å². The van der Waals surface area contributed by atoms with Crippen LogP contribution >= 0.6 is 0 Å². The van der Waals surface area contributed by atoms with Crippen molar-refractivity contribution in [2.24, 2.45) is 11.3 Å². The van der Waals surface area contributed by atoms with Gasteiger partial charge in [-0.2, -0.15) is 5.26 Å². The van der Waals surface area contributed by atoms with E-state index in [1.807, 2.05) is 6.07 Å². The van der Waals surface area contributed by atoms with Gasteiger partial charge in [0.05, 0.1) is 6.07 Å². The van der Waals surface area contributed by atoms with Gasteiger partial charge in [-0.25, -0.2) is 0 Å². The van der Waals surface area contributed by atoms with Crippen molar-refractivity contribution >= 4 is 5.91 Å². The van der Waals surface area contributed by atoms with Crippen LogP contribution in [0.3, 0.4) is 0 Å². The zero-order valence-electron chi connectivity index (χ0n) is 9.84. The highest BCUT2D eigenvalue weighted by atomic mass is 16.1. The molecule has 1 aliphatic carbocycles. The Kier molecular flexibility index (Phi) is 3.73. The van der Waals surface area contributed by atoms with Gasteiger partial charge in [0.2, 0.25) is 5.91 Å². The molecule has 0 spiro atoms. The van der Waals surface area contributed by atoms with Crippen LogP contribution in [0.15, 0.2) is 0 Å². The van der Waals surface area contributed by atoms with Crippen LogP contribution in [-0.4, -0.2) is 11.9 Å². The highest BCUT2D eigenvalue weighted by Crippen LogP contribution is 2.38. The highest BCUT2D eigenvalue weighted by Gasteiger charge is 2.32. The molecule has 0 unspecified atom stereocenters. The van der Waals surface area contributed by atoms with Crippen LogP contribution in [0.4, 0.5) is 0 Å². The van der Waals surface area contributed by atoms with Gasteiger partial charge in [-0.05, 0) is 30.6 Å². The average molecular weight is 208 g/mol. The summed E-state index contributed by atoms with van der Waals surface area (Å²) in [7, 11) is 0. The number of rotatable bonds is 2. The smallest absolute Gasteiger partial charge is 0.234 e. The summed E-state index contributed by atoms with van der Waals surface area (Å²) in [5, 5.41) is 11.4. The zero-order chi connectivity index (χ0) is 11.5. The third-order valence-electron chi connectivity index (χ3n) is 2.99. The van der Waals surface area contributed by atoms with Crippen LogP contribution < -0.4 is 5.32 Å². The molecule has 0 aromatic rings. The molecule has 0 aromatic carbocycles. The van der Waals surface area contributed by atoms with E-state index in [0.717, 1.165) is 12.8 Å². The average Bonchev–Trinajstić information content (AvgIpc) is 1.99. The summed E-state index contributed by atoms with van der Waals surface area (Å²) in [6, 6.07) is 2.13. The van der Waals surface area contributed by atoms with E-state index in [4.69, 9.17) is 5.26 Å². The van der Waals surface area contributed by atoms with Crippen molar-refractivity contribution in [1.82, 2.24) is 5.32 Å². The lowest BCUT2D eigenvalue weighted by atomic mass is 9.70. The first kappa shape index (κ1) is 12.0. The largest absolute Gasteiger partial charge is 0.352 e. The third kappa shape index (κ3) is 3.91. The van der Waals surface area contributed by atoms with Gasteiger partial charge in [0.1, 0.15) is 6.42 Å². The van der Waals surface area contributed by atoms with Crippen LogP contribution in [0.2, 0.25) is 0 Å². The molecule has 0 bridgehead atoms. The standard InChI is InChI=1S/C12H20N2O/c1-9-6-10(8-12(2,3)7-9)14-11(15)4-5-13/h9-10H,4,6-8H2,1-3H3,(H,14,15)/t9-,10-/m1/s1. The summed E-state index contributed by atoms with van der Waals surface area (Å²) in [4.78, 5) is 11.3. The van der Waals surface area contributed by atoms with Gasteiger partial charge in [-0.3, -0.25) is 4.79 Å². The topological polar surface area (TPSA) is 52.9 Å². The van der Waals surface area contributed by atoms with Crippen molar-refractivity contribution in [3.8, 4) is 6.07 Å². The summed E-state index contributed by atoms with van der Waals surface area (Å²) >= 11 is 0. The Hall–Kier alpha value is -1.04. The number of nitriles is 1. The number of hydrogen-bond acceptors (Lipinski definition) is 2. The fraction of sp³-hybridized carbons (Fsp3) is 0.833. The van der Waals surface area contributed by atoms with E-state index in [9.17, 15) is 4.79 Å². The van der Waals surface area contributed by atoms with Crippen molar-refractivity contribution in [2.75, 3.05) is 0 Å². The molecule has 1 N–H and O–H groups in total. The second kappa shape index (κ2) is 4.65. The first-order valence-electron chi connectivity index (χ1n) is 5.59. The van der Waals surface area contributed by atoms with Gasteiger partial charge < -0.3 is 5.32 Å². The number of carbonyl (C=O) groups is 1. The van der Waals surface area contributed by atoms with Crippen LogP contribution in [0.1, 0.15) is 46.5 Å². The van der Waals surface area contributed by atoms with Gasteiger partial charge in [0, 0.05) is 6.04 Å². The SMILES string of the molecule is C[C@@H]1C[C@@H](NC(=O)CC#N)CC(C)(C)C1. The maximum absolute atomic E-state index is 11.3. The Labute approximate surface area is 91.9 Å². The molecule has 3 heteroatoms. The molecule has 0 saturated heterocycles. The zero-order valence-corrected chi connectivity index (χ0v) is 9.84. The molecular weight excluding hydrogens is 188 g/mol. The van der Waals surface area contributed by atoms with Gasteiger partial charge in [0.15, 0.2) is 0 Å². The van der Waals surface area contributed by atoms with Crippen molar-refractivity contribution in [2.45, 2.75) is 52.5 Å². The molecule has 0 radical (unpaired) electrons. The number of nitrogens with zero attached hydrogens (tertiary/aromatic N) is 1. The molecule has 0 aromatic heterocycles. The normalized spacial score (nSPS) is 29.2. The van der Waals surface area contributed by atoms with Crippen molar-refractivity contribution in [3.63, 3.8) is 0 Å². The van der Waals surface area contributed by atoms with E-state index in [1.165, 1.54) is 6.42 Å². The predicted octanol–water partition coefficient (Wildman–Crippen LogP) is 2.23. The summed E-state index contributed by atoms with van der Waals surface area (Å²) < 4.78 is 0. The molecule has 1 fully saturated rings. The summed E-state index contributed by atoms with van der Waals surface area (Å²) in [5.41, 5.74) is 0.308. The Balaban J connectivity index is 2.49. The van der Waals surface area contributed by atoms with E-state index >= 15 is 0 Å². The van der Waals surface area contributed by atoms with E-state index in [1.54, 1.807) is 0 Å². The fourth-order valence-corrected chi connectivity index (χ4v) is 2.81. The number of amides is 1. The monoisotopic (exact) mass is 208 g/mol. The van der Waals surface area contributed by atoms with Crippen molar-refractivity contribution in [3.05, 3.63) is 0 Å². The quantitative estimate of drug-likeness (QED) is 0.756. The molecule has 3 nitrogen and oxygen atoms in total. The number of nitrogens with one attached hydrogen (secondary N) is 1. The molecule has 1 aliphatic rings. The van der Waals surface area contributed by atoms with Crippen molar-refractivity contribution < 1.29 is 4.79 Å². The van der Waals surface area contributed by atoms with E-state index in [-0.39, 0.29) is 18.4 Å². The molecule has 84 valence electrons. The Morgan fingerprint density at radius 3 is 2.73 bits per heavy atom. The van der Waals surface area contributed by atoms with Gasteiger partial charge in [-0.15, -0.1) is 0 Å². The molecule has 0 heterocycles. The Bertz CT molecular complexity index is 278. The van der Waals surface area contributed by atoms with Crippen LogP contribution in [0, 0.1) is 22.7 Å². The molecular formula is C12H20N2O. The fourth-order valence-electron chi connectivity index (χ4n) is 2.81. The van der Waals surface area contributed by atoms with E-state index in [0.29, 0.717) is 11.3 Å². The molecule has 15 heavy (non-hydrogen) atoms. The minimum atomic E-state index is -0.132. The first-order chi connectivity index (χ1) is 6.93. The number of hydrogen-bond donors (Lipinski definition) is 1. The predicted molar refractivity (Wildman–Crippen MR) is 59.0 cm³/mol. The van der Waals surface area contributed by atoms with Gasteiger partial charge in [-0.1, -0.05) is 20.8 Å². The summed E-state index contributed by atoms with van der Waals surface area (Å²) in [6.07, 6.45) is 3.26. The molecule has 1 rings (SSSR count). The van der Waals surface area contributed by atoms with Gasteiger partial charge >= 0.3 is 0 Å². The lowest BCUT2D eigenvalue weighted by molar-refractivity contribution is -0.121. The third-order valence-corrected chi connectivity index (χ3v) is 2.99. The molecule has 0 aliphatic heterocycles. The van der Waals surface area contributed by atoms with E-state index < -0.39 is 0 Å². The van der Waals surface area contributed by atoms with Crippen molar-refractivity contribution in [1.29, 1.82) is 5.26 Å². The first-order valence-corrected chi connectivity index (χ1v) is 5.59. The minimum Gasteiger partial charge on any atom is -0.352 e. The lowest BCUT2D eigenvalue weighted by Gasteiger charge is -2.39. The number of carbonyl (C=O) groups excluding carboxylic acids is 1. The molecule has 1 saturated carbocycles. The summed E-state index contributed by atoms with van der Waals surface area (Å²) in [5.74, 6) is 0.522. The van der Waals surface area contributed by atoms with Crippen LogP contribution in [-0.2, 0) is 4.79 Å². The van der Waals surface area contributed by atoms with Crippen LogP contribution in [0.5, 0.6) is 0 Å². The Morgan fingerprint density at radius 1 is 1.53 bits per heavy atom. The maximum atomic E-state index is 11.3. The van der Waals surface area contributed by atoms with Crippen LogP contribution in [0.25, 0.3) is 0 Å². The lowest BCUT2D eigenvalue weighted by Crippen LogP contribution is -2.42.